The number of thiocarbonyl (C=S) groups is 1. The first-order valence-electron chi connectivity index (χ1n) is 12.7. The van der Waals surface area contributed by atoms with Gasteiger partial charge in [0.1, 0.15) is 4.32 Å². The molecular formula is C29H33N3OS3. The summed E-state index contributed by atoms with van der Waals surface area (Å²) in [6.07, 6.45) is 11.1. The van der Waals surface area contributed by atoms with Crippen molar-refractivity contribution in [2.24, 2.45) is 0 Å². The van der Waals surface area contributed by atoms with Crippen LogP contribution in [0.5, 0.6) is 0 Å². The number of aromatic nitrogens is 2. The number of hydrogen-bond donors (Lipinski definition) is 0. The van der Waals surface area contributed by atoms with Crippen LogP contribution >= 0.6 is 35.7 Å². The van der Waals surface area contributed by atoms with Crippen molar-refractivity contribution < 1.29 is 4.79 Å². The topological polar surface area (TPSA) is 38.1 Å². The smallest absolute Gasteiger partial charge is 0.266 e. The Balaban J connectivity index is 1.58. The summed E-state index contributed by atoms with van der Waals surface area (Å²) in [6.45, 7) is 5.07. The molecule has 1 fully saturated rings. The number of thioether (sulfide) groups is 2. The Labute approximate surface area is 228 Å². The first kappa shape index (κ1) is 26.7. The number of carbonyl (C=O) groups is 1. The molecular weight excluding hydrogens is 503 g/mol. The Morgan fingerprint density at radius 2 is 1.69 bits per heavy atom. The van der Waals surface area contributed by atoms with Gasteiger partial charge >= 0.3 is 0 Å². The second-order valence-corrected chi connectivity index (χ2v) is 11.8. The van der Waals surface area contributed by atoms with Crippen LogP contribution in [0.2, 0.25) is 0 Å². The highest BCUT2D eigenvalue weighted by molar-refractivity contribution is 8.26. The van der Waals surface area contributed by atoms with Crippen molar-refractivity contribution in [3.63, 3.8) is 0 Å². The van der Waals surface area contributed by atoms with E-state index in [9.17, 15) is 4.79 Å². The van der Waals surface area contributed by atoms with Crippen molar-refractivity contribution in [3.8, 4) is 16.9 Å². The number of benzene rings is 2. The van der Waals surface area contributed by atoms with Gasteiger partial charge in [0.25, 0.3) is 5.91 Å². The molecule has 0 bridgehead atoms. The molecule has 1 aliphatic rings. The Hall–Kier alpha value is -2.35. The Kier molecular flexibility index (Phi) is 9.84. The quantitative estimate of drug-likeness (QED) is 0.101. The second-order valence-electron chi connectivity index (χ2n) is 8.77. The van der Waals surface area contributed by atoms with E-state index in [2.05, 4.69) is 38.1 Å². The highest BCUT2D eigenvalue weighted by Crippen LogP contribution is 2.35. The third-order valence-corrected chi connectivity index (χ3v) is 8.37. The van der Waals surface area contributed by atoms with Crippen LogP contribution < -0.4 is 0 Å². The van der Waals surface area contributed by atoms with Gasteiger partial charge in [0.2, 0.25) is 0 Å². The van der Waals surface area contributed by atoms with Crippen molar-refractivity contribution in [2.45, 2.75) is 57.3 Å². The van der Waals surface area contributed by atoms with Gasteiger partial charge in [0.15, 0.2) is 0 Å². The molecule has 0 unspecified atom stereocenters. The van der Waals surface area contributed by atoms with Gasteiger partial charge in [0, 0.05) is 28.8 Å². The Bertz CT molecular complexity index is 1200. The first-order chi connectivity index (χ1) is 17.6. The molecule has 7 heteroatoms. The molecule has 0 saturated carbocycles. The average Bonchev–Trinajstić information content (AvgIpc) is 3.43. The van der Waals surface area contributed by atoms with Gasteiger partial charge in [-0.15, -0.1) is 11.8 Å². The number of carbonyl (C=O) groups excluding carboxylic acids is 1. The van der Waals surface area contributed by atoms with Gasteiger partial charge in [-0.05, 0) is 42.5 Å². The van der Waals surface area contributed by atoms with E-state index in [1.54, 1.807) is 4.90 Å². The van der Waals surface area contributed by atoms with Crippen LogP contribution in [0.4, 0.5) is 0 Å². The minimum atomic E-state index is 0.00617. The summed E-state index contributed by atoms with van der Waals surface area (Å²) in [7, 11) is 0. The van der Waals surface area contributed by atoms with Crippen LogP contribution in [0.3, 0.4) is 0 Å². The fraction of sp³-hybridized carbons (Fsp3) is 0.345. The molecule has 1 aliphatic heterocycles. The zero-order chi connectivity index (χ0) is 25.3. The van der Waals surface area contributed by atoms with Gasteiger partial charge in [-0.3, -0.25) is 9.69 Å². The summed E-state index contributed by atoms with van der Waals surface area (Å²) >= 11 is 8.80. The third kappa shape index (κ3) is 6.69. The molecule has 0 atom stereocenters. The molecule has 4 nitrogen and oxygen atoms in total. The van der Waals surface area contributed by atoms with E-state index in [0.717, 1.165) is 41.1 Å². The highest BCUT2D eigenvalue weighted by Gasteiger charge is 2.32. The lowest BCUT2D eigenvalue weighted by Gasteiger charge is -2.13. The summed E-state index contributed by atoms with van der Waals surface area (Å²) in [5.41, 5.74) is 3.77. The number of para-hydroxylation sites is 1. The minimum Gasteiger partial charge on any atom is -0.293 e. The number of amides is 1. The van der Waals surface area contributed by atoms with Gasteiger partial charge in [-0.25, -0.2) is 4.68 Å². The molecule has 0 spiro atoms. The van der Waals surface area contributed by atoms with Crippen LogP contribution in [0.1, 0.15) is 57.9 Å². The van der Waals surface area contributed by atoms with E-state index < -0.39 is 0 Å². The molecule has 188 valence electrons. The normalized spacial score (nSPS) is 14.8. The molecule has 2 aromatic carbocycles. The van der Waals surface area contributed by atoms with Crippen molar-refractivity contribution in [3.05, 3.63) is 71.3 Å². The molecule has 0 N–H and O–H groups in total. The molecule has 1 amide bonds. The van der Waals surface area contributed by atoms with Gasteiger partial charge < -0.3 is 0 Å². The number of hydrogen-bond acceptors (Lipinski definition) is 5. The summed E-state index contributed by atoms with van der Waals surface area (Å²) in [4.78, 5) is 16.9. The van der Waals surface area contributed by atoms with E-state index in [1.165, 1.54) is 42.3 Å². The largest absolute Gasteiger partial charge is 0.293 e. The molecule has 0 radical (unpaired) electrons. The third-order valence-electron chi connectivity index (χ3n) is 6.10. The maximum atomic E-state index is 13.2. The highest BCUT2D eigenvalue weighted by atomic mass is 32.2. The lowest BCUT2D eigenvalue weighted by atomic mass is 10.1. The van der Waals surface area contributed by atoms with E-state index in [-0.39, 0.29) is 5.91 Å². The predicted octanol–water partition coefficient (Wildman–Crippen LogP) is 8.21. The Morgan fingerprint density at radius 3 is 2.42 bits per heavy atom. The summed E-state index contributed by atoms with van der Waals surface area (Å²) in [5.74, 6) is 1.04. The molecule has 3 aromatic rings. The molecule has 2 heterocycles. The molecule has 36 heavy (non-hydrogen) atoms. The van der Waals surface area contributed by atoms with E-state index in [4.69, 9.17) is 17.3 Å². The monoisotopic (exact) mass is 535 g/mol. The fourth-order valence-electron chi connectivity index (χ4n) is 4.19. The molecule has 1 saturated heterocycles. The number of rotatable bonds is 12. The summed E-state index contributed by atoms with van der Waals surface area (Å²) in [5, 5.41) is 4.91. The van der Waals surface area contributed by atoms with Gasteiger partial charge in [-0.2, -0.15) is 5.10 Å². The van der Waals surface area contributed by atoms with Crippen molar-refractivity contribution in [2.75, 3.05) is 12.3 Å². The Morgan fingerprint density at radius 1 is 0.972 bits per heavy atom. The maximum Gasteiger partial charge on any atom is 0.266 e. The minimum absolute atomic E-state index is 0.00617. The summed E-state index contributed by atoms with van der Waals surface area (Å²) < 4.78 is 2.53. The lowest BCUT2D eigenvalue weighted by Crippen LogP contribution is -2.29. The van der Waals surface area contributed by atoms with Crippen LogP contribution in [0.25, 0.3) is 23.0 Å². The van der Waals surface area contributed by atoms with Gasteiger partial charge in [-0.1, -0.05) is 100 Å². The van der Waals surface area contributed by atoms with E-state index in [1.807, 2.05) is 59.0 Å². The van der Waals surface area contributed by atoms with Crippen LogP contribution in [-0.4, -0.2) is 37.2 Å². The molecule has 0 aliphatic carbocycles. The summed E-state index contributed by atoms with van der Waals surface area (Å²) in [6, 6.07) is 18.5. The maximum absolute atomic E-state index is 13.2. The molecule has 1 aromatic heterocycles. The number of unbranched alkanes of at least 4 members (excludes halogenated alkanes) is 5. The zero-order valence-electron chi connectivity index (χ0n) is 21.0. The zero-order valence-corrected chi connectivity index (χ0v) is 23.4. The lowest BCUT2D eigenvalue weighted by molar-refractivity contribution is -0.122. The predicted molar refractivity (Wildman–Crippen MR) is 159 cm³/mol. The van der Waals surface area contributed by atoms with Crippen LogP contribution in [0, 0.1) is 0 Å². The van der Waals surface area contributed by atoms with E-state index >= 15 is 0 Å². The molecule has 4 rings (SSSR count). The standard InChI is InChI=1S/C29H33N3OS3/c1-3-5-6-7-8-12-19-31-28(33)26(36-29(31)34)20-23-21-32(24-13-10-9-11-14-24)30-27(23)22-15-17-25(18-16-22)35-4-2/h9-11,13-18,20-21H,3-8,12,19H2,1-2H3/b26-20-. The fourth-order valence-corrected chi connectivity index (χ4v) is 6.15. The van der Waals surface area contributed by atoms with Gasteiger partial charge in [0.05, 0.1) is 16.3 Å². The van der Waals surface area contributed by atoms with Crippen molar-refractivity contribution >= 4 is 52.0 Å². The average molecular weight is 536 g/mol. The second kappa shape index (κ2) is 13.3. The van der Waals surface area contributed by atoms with E-state index in [0.29, 0.717) is 15.8 Å². The first-order valence-corrected chi connectivity index (χ1v) is 15.0. The van der Waals surface area contributed by atoms with Crippen molar-refractivity contribution in [1.82, 2.24) is 14.7 Å². The number of nitrogens with zero attached hydrogens (tertiary/aromatic N) is 3. The SMILES string of the molecule is CCCCCCCCN1C(=O)/C(=C/c2cn(-c3ccccc3)nc2-c2ccc(SCC)cc2)SC1=S. The van der Waals surface area contributed by atoms with Crippen LogP contribution in [-0.2, 0) is 4.79 Å². The van der Waals surface area contributed by atoms with Crippen molar-refractivity contribution in [1.29, 1.82) is 0 Å². The van der Waals surface area contributed by atoms with Crippen LogP contribution in [0.15, 0.2) is 70.6 Å².